The Morgan fingerprint density at radius 1 is 1.41 bits per heavy atom. The molecule has 0 saturated carbocycles. The number of hydrogen-bond donors (Lipinski definition) is 1. The Labute approximate surface area is 164 Å². The highest BCUT2D eigenvalue weighted by Gasteiger charge is 2.42. The number of pyridine rings is 1. The number of aryl methyl sites for hydroxylation is 1. The predicted octanol–water partition coefficient (Wildman–Crippen LogP) is 2.55. The molecule has 4 heterocycles. The quantitative estimate of drug-likeness (QED) is 0.818. The van der Waals surface area contributed by atoms with Crippen LogP contribution < -0.4 is 0 Å². The van der Waals surface area contributed by atoms with Crippen LogP contribution in [0.1, 0.15) is 36.0 Å². The van der Waals surface area contributed by atoms with Crippen molar-refractivity contribution < 1.29 is 32.3 Å². The molecule has 0 bridgehead atoms. The summed E-state index contributed by atoms with van der Waals surface area (Å²) in [7, 11) is 0. The highest BCUT2D eigenvalue weighted by molar-refractivity contribution is 5.73. The van der Waals surface area contributed by atoms with Crippen LogP contribution in [-0.4, -0.2) is 62.6 Å². The van der Waals surface area contributed by atoms with Crippen molar-refractivity contribution in [3.8, 4) is 0 Å². The average molecular weight is 414 g/mol. The lowest BCUT2D eigenvalue weighted by atomic mass is 9.89. The Hall–Kier alpha value is -2.53. The SMILES string of the molecule is Cc1noc([C@H]2C[C@H]3OCC[C@H]3N(Cc3cccnc3)C2)n1.O=C(O)C(F)(F)F. The molecular formula is C18H21F3N4O4. The van der Waals surface area contributed by atoms with E-state index in [2.05, 4.69) is 26.1 Å². The number of ether oxygens (including phenoxy) is 1. The minimum absolute atomic E-state index is 0.247. The van der Waals surface area contributed by atoms with E-state index in [4.69, 9.17) is 19.2 Å². The summed E-state index contributed by atoms with van der Waals surface area (Å²) in [6.45, 7) is 4.52. The molecule has 0 amide bonds. The van der Waals surface area contributed by atoms with Gasteiger partial charge in [-0.1, -0.05) is 11.2 Å². The van der Waals surface area contributed by atoms with E-state index in [0.717, 1.165) is 38.4 Å². The van der Waals surface area contributed by atoms with Gasteiger partial charge in [0.15, 0.2) is 5.82 Å². The van der Waals surface area contributed by atoms with Crippen LogP contribution in [0.25, 0.3) is 0 Å². The Bertz CT molecular complexity index is 815. The molecule has 2 aromatic heterocycles. The lowest BCUT2D eigenvalue weighted by molar-refractivity contribution is -0.192. The molecule has 3 atom stereocenters. The zero-order valence-electron chi connectivity index (χ0n) is 15.7. The topological polar surface area (TPSA) is 102 Å². The Balaban J connectivity index is 0.000000298. The number of rotatable bonds is 3. The molecule has 0 unspecified atom stereocenters. The van der Waals surface area contributed by atoms with E-state index >= 15 is 0 Å². The maximum Gasteiger partial charge on any atom is 0.490 e. The fraction of sp³-hybridized carbons (Fsp3) is 0.556. The second-order valence-electron chi connectivity index (χ2n) is 6.97. The molecule has 1 N–H and O–H groups in total. The first-order valence-corrected chi connectivity index (χ1v) is 9.09. The maximum absolute atomic E-state index is 10.6. The molecule has 8 nitrogen and oxygen atoms in total. The van der Waals surface area contributed by atoms with Crippen LogP contribution in [0, 0.1) is 6.92 Å². The number of fused-ring (bicyclic) bond motifs is 1. The largest absolute Gasteiger partial charge is 0.490 e. The molecule has 0 spiro atoms. The van der Waals surface area contributed by atoms with Crippen LogP contribution in [0.2, 0.25) is 0 Å². The van der Waals surface area contributed by atoms with Gasteiger partial charge in [0.2, 0.25) is 5.89 Å². The zero-order chi connectivity index (χ0) is 21.0. The minimum atomic E-state index is -5.08. The van der Waals surface area contributed by atoms with Crippen LogP contribution in [-0.2, 0) is 16.1 Å². The number of nitrogens with zero attached hydrogens (tertiary/aromatic N) is 4. The molecule has 2 fully saturated rings. The standard InChI is InChI=1S/C16H20N4O2.C2HF3O2/c1-11-18-16(22-19-11)13-7-15-14(4-6-21-15)20(10-13)9-12-3-2-5-17-8-12;3-2(4,5)1(6)7/h2-3,5,8,13-15H,4,6-7,9-10H2,1H3;(H,6,7)/t13-,14+,15+;/m0./s1. The minimum Gasteiger partial charge on any atom is -0.475 e. The average Bonchev–Trinajstić information content (AvgIpc) is 3.31. The highest BCUT2D eigenvalue weighted by Crippen LogP contribution is 2.36. The van der Waals surface area contributed by atoms with Crippen molar-refractivity contribution in [3.63, 3.8) is 0 Å². The van der Waals surface area contributed by atoms with Gasteiger partial charge in [0.25, 0.3) is 0 Å². The molecule has 0 aliphatic carbocycles. The van der Waals surface area contributed by atoms with E-state index in [0.29, 0.717) is 11.9 Å². The van der Waals surface area contributed by atoms with Crippen molar-refractivity contribution in [2.75, 3.05) is 13.2 Å². The number of likely N-dealkylation sites (tertiary alicyclic amines) is 1. The summed E-state index contributed by atoms with van der Waals surface area (Å²) in [5, 5.41) is 11.1. The summed E-state index contributed by atoms with van der Waals surface area (Å²) in [4.78, 5) is 20.0. The number of alkyl halides is 3. The fourth-order valence-corrected chi connectivity index (χ4v) is 3.62. The van der Waals surface area contributed by atoms with Crippen molar-refractivity contribution in [2.45, 2.75) is 50.6 Å². The number of carboxylic acids is 1. The number of piperidine rings is 1. The molecule has 0 radical (unpaired) electrons. The van der Waals surface area contributed by atoms with Gasteiger partial charge in [-0.3, -0.25) is 9.88 Å². The third-order valence-corrected chi connectivity index (χ3v) is 4.86. The summed E-state index contributed by atoms with van der Waals surface area (Å²) in [5.74, 6) is -1.07. The third kappa shape index (κ3) is 5.51. The van der Waals surface area contributed by atoms with E-state index in [1.165, 1.54) is 5.56 Å². The molecule has 2 aliphatic rings. The third-order valence-electron chi connectivity index (χ3n) is 4.86. The predicted molar refractivity (Wildman–Crippen MR) is 92.9 cm³/mol. The van der Waals surface area contributed by atoms with Gasteiger partial charge < -0.3 is 14.4 Å². The van der Waals surface area contributed by atoms with Crippen molar-refractivity contribution >= 4 is 5.97 Å². The van der Waals surface area contributed by atoms with E-state index in [1.807, 2.05) is 25.4 Å². The number of carboxylic acid groups (broad SMARTS) is 1. The molecule has 29 heavy (non-hydrogen) atoms. The number of aromatic nitrogens is 3. The van der Waals surface area contributed by atoms with Gasteiger partial charge in [0.1, 0.15) is 0 Å². The molecule has 0 aromatic carbocycles. The van der Waals surface area contributed by atoms with Gasteiger partial charge in [-0.15, -0.1) is 0 Å². The second-order valence-corrected chi connectivity index (χ2v) is 6.97. The van der Waals surface area contributed by atoms with Crippen molar-refractivity contribution in [2.24, 2.45) is 0 Å². The first-order valence-electron chi connectivity index (χ1n) is 9.09. The summed E-state index contributed by atoms with van der Waals surface area (Å²) in [6, 6.07) is 4.60. The zero-order valence-corrected chi connectivity index (χ0v) is 15.7. The molecule has 2 saturated heterocycles. The van der Waals surface area contributed by atoms with Gasteiger partial charge in [-0.05, 0) is 31.4 Å². The number of hydrogen-bond acceptors (Lipinski definition) is 7. The Kier molecular flexibility index (Phi) is 6.48. The summed E-state index contributed by atoms with van der Waals surface area (Å²) in [5.41, 5.74) is 1.23. The lowest BCUT2D eigenvalue weighted by Gasteiger charge is -2.39. The molecule has 11 heteroatoms. The van der Waals surface area contributed by atoms with Gasteiger partial charge in [0.05, 0.1) is 12.0 Å². The van der Waals surface area contributed by atoms with E-state index in [9.17, 15) is 13.2 Å². The first-order chi connectivity index (χ1) is 13.7. The molecule has 4 rings (SSSR count). The lowest BCUT2D eigenvalue weighted by Crippen LogP contribution is -2.48. The van der Waals surface area contributed by atoms with Crippen molar-refractivity contribution in [1.29, 1.82) is 0 Å². The van der Waals surface area contributed by atoms with Gasteiger partial charge in [0, 0.05) is 38.1 Å². The number of carbonyl (C=O) groups is 1. The maximum atomic E-state index is 10.6. The van der Waals surface area contributed by atoms with Crippen LogP contribution >= 0.6 is 0 Å². The van der Waals surface area contributed by atoms with Crippen LogP contribution in [0.3, 0.4) is 0 Å². The van der Waals surface area contributed by atoms with Gasteiger partial charge in [-0.2, -0.15) is 18.2 Å². The number of halogens is 3. The van der Waals surface area contributed by atoms with E-state index < -0.39 is 12.1 Å². The van der Waals surface area contributed by atoms with Crippen LogP contribution in [0.5, 0.6) is 0 Å². The van der Waals surface area contributed by atoms with E-state index in [-0.39, 0.29) is 12.0 Å². The number of aliphatic carboxylic acids is 1. The monoisotopic (exact) mass is 414 g/mol. The smallest absolute Gasteiger partial charge is 0.475 e. The van der Waals surface area contributed by atoms with Gasteiger partial charge >= 0.3 is 12.1 Å². The van der Waals surface area contributed by atoms with Gasteiger partial charge in [-0.25, -0.2) is 4.79 Å². The normalized spacial score (nSPS) is 24.5. The van der Waals surface area contributed by atoms with E-state index in [1.54, 1.807) is 0 Å². The molecule has 2 aromatic rings. The van der Waals surface area contributed by atoms with Crippen molar-refractivity contribution in [3.05, 3.63) is 41.8 Å². The Morgan fingerprint density at radius 3 is 2.76 bits per heavy atom. The molecular weight excluding hydrogens is 393 g/mol. The van der Waals surface area contributed by atoms with Crippen molar-refractivity contribution in [1.82, 2.24) is 20.0 Å². The fourth-order valence-electron chi connectivity index (χ4n) is 3.62. The second kappa shape index (κ2) is 8.87. The highest BCUT2D eigenvalue weighted by atomic mass is 19.4. The molecule has 158 valence electrons. The van der Waals surface area contributed by atoms with Crippen LogP contribution in [0.15, 0.2) is 29.0 Å². The molecule has 2 aliphatic heterocycles. The summed E-state index contributed by atoms with van der Waals surface area (Å²) in [6.07, 6.45) is 0.995. The van der Waals surface area contributed by atoms with Crippen LogP contribution in [0.4, 0.5) is 13.2 Å². The Morgan fingerprint density at radius 2 is 2.17 bits per heavy atom. The summed E-state index contributed by atoms with van der Waals surface area (Å²) < 4.78 is 43.1. The first kappa shape index (κ1) is 21.2. The summed E-state index contributed by atoms with van der Waals surface area (Å²) >= 11 is 0.